The summed E-state index contributed by atoms with van der Waals surface area (Å²) in [5, 5.41) is 63.5. The summed E-state index contributed by atoms with van der Waals surface area (Å²) in [4.78, 5) is 4.51. The lowest BCUT2D eigenvalue weighted by Gasteiger charge is -2.37. The average Bonchev–Trinajstić information content (AvgIpc) is 3.55. The van der Waals surface area contributed by atoms with E-state index in [1.807, 2.05) is 12.1 Å². The third-order valence-corrected chi connectivity index (χ3v) is 9.19. The minimum atomic E-state index is -0.938. The van der Waals surface area contributed by atoms with Crippen LogP contribution in [0.4, 0.5) is 0 Å². The SMILES string of the molecule is OCCOc1cc([C@H]2Oc3cc(OC(CO)CO)c4c(c3C[C@H]2O)C[C@@H](Cc2ccc3c(c2)=CCN=3)c2cc(O)ccc2-4)ccc1O. The Balaban J connectivity index is 1.33. The van der Waals surface area contributed by atoms with Crippen molar-refractivity contribution in [2.75, 3.05) is 33.0 Å². The van der Waals surface area contributed by atoms with Gasteiger partial charge in [-0.1, -0.05) is 24.3 Å². The number of phenolic OH excluding ortho intramolecular Hbond substituents is 2. The van der Waals surface area contributed by atoms with Crippen molar-refractivity contribution in [3.8, 4) is 39.9 Å². The van der Waals surface area contributed by atoms with Crippen molar-refractivity contribution in [1.82, 2.24) is 0 Å². The predicted molar refractivity (Wildman–Crippen MR) is 173 cm³/mol. The van der Waals surface area contributed by atoms with Gasteiger partial charge in [-0.2, -0.15) is 0 Å². The molecule has 0 unspecified atom stereocenters. The van der Waals surface area contributed by atoms with Gasteiger partial charge in [-0.3, -0.25) is 4.99 Å². The highest BCUT2D eigenvalue weighted by Crippen LogP contribution is 2.52. The van der Waals surface area contributed by atoms with Crippen molar-refractivity contribution >= 4 is 6.08 Å². The van der Waals surface area contributed by atoms with Crippen LogP contribution in [0.25, 0.3) is 17.2 Å². The maximum Gasteiger partial charge on any atom is 0.161 e. The fraction of sp³-hybridized carbons (Fsp3) is 0.324. The van der Waals surface area contributed by atoms with E-state index < -0.39 is 31.5 Å². The molecule has 6 N–H and O–H groups in total. The summed E-state index contributed by atoms with van der Waals surface area (Å²) >= 11 is 0. The number of hydrogen-bond donors (Lipinski definition) is 6. The normalized spacial score (nSPS) is 19.0. The number of hydrogen-bond acceptors (Lipinski definition) is 10. The summed E-state index contributed by atoms with van der Waals surface area (Å²) in [6.45, 7) is -0.352. The van der Waals surface area contributed by atoms with E-state index in [0.717, 1.165) is 44.0 Å². The molecule has 0 radical (unpaired) electrons. The van der Waals surface area contributed by atoms with E-state index in [0.29, 0.717) is 36.4 Å². The third-order valence-electron chi connectivity index (χ3n) is 9.19. The van der Waals surface area contributed by atoms with Gasteiger partial charge in [0.1, 0.15) is 36.1 Å². The van der Waals surface area contributed by atoms with Crippen LogP contribution < -0.4 is 24.8 Å². The monoisotopic (exact) mass is 639 g/mol. The molecular formula is C37H37NO9. The molecule has 0 bridgehead atoms. The van der Waals surface area contributed by atoms with Gasteiger partial charge in [0.25, 0.3) is 0 Å². The van der Waals surface area contributed by atoms with Gasteiger partial charge in [-0.25, -0.2) is 0 Å². The zero-order valence-corrected chi connectivity index (χ0v) is 25.7. The average molecular weight is 640 g/mol. The fourth-order valence-corrected chi connectivity index (χ4v) is 7.00. The highest BCUT2D eigenvalue weighted by atomic mass is 16.5. The van der Waals surface area contributed by atoms with Crippen LogP contribution in [-0.4, -0.2) is 75.8 Å². The molecule has 10 nitrogen and oxygen atoms in total. The zero-order valence-electron chi connectivity index (χ0n) is 25.7. The maximum absolute atomic E-state index is 11.5. The van der Waals surface area contributed by atoms with E-state index in [9.17, 15) is 30.6 Å². The minimum Gasteiger partial charge on any atom is -0.508 e. The molecule has 2 aliphatic heterocycles. The van der Waals surface area contributed by atoms with Crippen LogP contribution >= 0.6 is 0 Å². The molecule has 1 aliphatic carbocycles. The van der Waals surface area contributed by atoms with Gasteiger partial charge in [0.2, 0.25) is 0 Å². The Hall–Kier alpha value is -4.61. The van der Waals surface area contributed by atoms with Crippen LogP contribution in [0.15, 0.2) is 65.7 Å². The molecule has 3 atom stereocenters. The minimum absolute atomic E-state index is 0.00287. The number of aliphatic hydroxyl groups is 4. The molecule has 244 valence electrons. The molecular weight excluding hydrogens is 602 g/mol. The van der Waals surface area contributed by atoms with Gasteiger partial charge < -0.3 is 44.8 Å². The number of aliphatic hydroxyl groups excluding tert-OH is 4. The van der Waals surface area contributed by atoms with Crippen LogP contribution in [0.5, 0.6) is 28.7 Å². The van der Waals surface area contributed by atoms with Crippen molar-refractivity contribution in [3.63, 3.8) is 0 Å². The number of phenols is 2. The lowest BCUT2D eigenvalue weighted by molar-refractivity contribution is 0.0195. The number of benzene rings is 4. The van der Waals surface area contributed by atoms with Crippen molar-refractivity contribution in [2.24, 2.45) is 4.99 Å². The second kappa shape index (κ2) is 12.9. The topological polar surface area (TPSA) is 161 Å². The second-order valence-corrected chi connectivity index (χ2v) is 12.2. The molecule has 7 rings (SSSR count). The second-order valence-electron chi connectivity index (χ2n) is 12.2. The Labute approximate surface area is 271 Å². The van der Waals surface area contributed by atoms with Crippen LogP contribution in [0, 0.1) is 0 Å². The van der Waals surface area contributed by atoms with Gasteiger partial charge >= 0.3 is 0 Å². The van der Waals surface area contributed by atoms with Gasteiger partial charge in [-0.15, -0.1) is 0 Å². The van der Waals surface area contributed by atoms with E-state index in [1.165, 1.54) is 6.07 Å². The molecule has 0 aromatic heterocycles. The molecule has 47 heavy (non-hydrogen) atoms. The van der Waals surface area contributed by atoms with Crippen LogP contribution in [0.3, 0.4) is 0 Å². The predicted octanol–water partition coefficient (Wildman–Crippen LogP) is 2.20. The number of fused-ring (bicyclic) bond motifs is 6. The molecule has 0 fully saturated rings. The van der Waals surface area contributed by atoms with Gasteiger partial charge in [-0.05, 0) is 88.2 Å². The molecule has 4 aromatic carbocycles. The zero-order chi connectivity index (χ0) is 32.7. The maximum atomic E-state index is 11.5. The Morgan fingerprint density at radius 3 is 2.55 bits per heavy atom. The highest BCUT2D eigenvalue weighted by Gasteiger charge is 2.38. The first kappa shape index (κ1) is 31.0. The summed E-state index contributed by atoms with van der Waals surface area (Å²) < 4.78 is 18.2. The molecule has 2 heterocycles. The molecule has 10 heteroatoms. The third kappa shape index (κ3) is 5.89. The lowest BCUT2D eigenvalue weighted by Crippen LogP contribution is -2.32. The molecule has 0 amide bonds. The van der Waals surface area contributed by atoms with Crippen molar-refractivity contribution in [3.05, 3.63) is 99.1 Å². The Morgan fingerprint density at radius 1 is 0.894 bits per heavy atom. The Morgan fingerprint density at radius 2 is 1.74 bits per heavy atom. The van der Waals surface area contributed by atoms with Crippen molar-refractivity contribution in [2.45, 2.75) is 43.5 Å². The summed E-state index contributed by atoms with van der Waals surface area (Å²) in [6.07, 6.45) is 1.03. The summed E-state index contributed by atoms with van der Waals surface area (Å²) in [7, 11) is 0. The smallest absolute Gasteiger partial charge is 0.161 e. The van der Waals surface area contributed by atoms with E-state index in [1.54, 1.807) is 30.3 Å². The summed E-state index contributed by atoms with van der Waals surface area (Å²) in [6, 6.07) is 18.0. The first-order valence-electron chi connectivity index (χ1n) is 15.8. The van der Waals surface area contributed by atoms with Crippen LogP contribution in [-0.2, 0) is 19.3 Å². The summed E-state index contributed by atoms with van der Waals surface area (Å²) in [5.74, 6) is 1.12. The quantitative estimate of drug-likeness (QED) is 0.153. The molecule has 3 aliphatic rings. The number of rotatable bonds is 10. The van der Waals surface area contributed by atoms with Gasteiger partial charge in [0.05, 0.1) is 37.8 Å². The van der Waals surface area contributed by atoms with Crippen LogP contribution in [0.2, 0.25) is 0 Å². The molecule has 4 aromatic rings. The highest BCUT2D eigenvalue weighted by molar-refractivity contribution is 5.83. The Kier molecular flexibility index (Phi) is 8.50. The number of aromatic hydroxyl groups is 2. The van der Waals surface area contributed by atoms with Crippen LogP contribution in [0.1, 0.15) is 39.8 Å². The molecule has 0 saturated carbocycles. The number of nitrogens with zero attached hydrogens (tertiary/aromatic N) is 1. The van der Waals surface area contributed by atoms with E-state index >= 15 is 0 Å². The first-order chi connectivity index (χ1) is 22.9. The van der Waals surface area contributed by atoms with Gasteiger partial charge in [0, 0.05) is 23.6 Å². The standard InChI is InChI=1S/C37H37NO9/c39-9-10-45-34-14-22(2-6-31(34)43)37-32(44)16-28-29-13-23(12-20-1-5-30-21(11-20)7-8-38-30)27-15-24(42)3-4-26(27)36(29)35(17-33(28)47-37)46-25(18-40)19-41/h1-7,11,14-15,17,23,25,32,37,39-44H,8-10,12-13,16,18-19H2/t23-,32-,37-/m1/s1. The van der Waals surface area contributed by atoms with Gasteiger partial charge in [0.15, 0.2) is 11.5 Å². The fourth-order valence-electron chi connectivity index (χ4n) is 7.00. The van der Waals surface area contributed by atoms with Crippen molar-refractivity contribution in [1.29, 1.82) is 0 Å². The molecule has 0 saturated heterocycles. The number of ether oxygens (including phenoxy) is 3. The largest absolute Gasteiger partial charge is 0.508 e. The van der Waals surface area contributed by atoms with E-state index in [4.69, 9.17) is 14.2 Å². The van der Waals surface area contributed by atoms with E-state index in [-0.39, 0.29) is 42.8 Å². The first-order valence-corrected chi connectivity index (χ1v) is 15.8. The molecule has 0 spiro atoms. The van der Waals surface area contributed by atoms with E-state index in [2.05, 4.69) is 23.2 Å². The van der Waals surface area contributed by atoms with Crippen molar-refractivity contribution < 1.29 is 44.8 Å². The summed E-state index contributed by atoms with van der Waals surface area (Å²) in [5.41, 5.74) is 6.10. The lowest BCUT2D eigenvalue weighted by atomic mass is 9.73. The Bertz CT molecular complexity index is 1940.